The second-order valence-corrected chi connectivity index (χ2v) is 7.22. The number of carbonyl (C=O) groups is 3. The molecule has 148 valence electrons. The topological polar surface area (TPSA) is 77.9 Å². The Labute approximate surface area is 158 Å². The van der Waals surface area contributed by atoms with E-state index in [4.69, 9.17) is 5.11 Å². The molecule has 0 radical (unpaired) electrons. The second kappa shape index (κ2) is 9.48. The van der Waals surface area contributed by atoms with Crippen molar-refractivity contribution in [1.29, 1.82) is 0 Å². The van der Waals surface area contributed by atoms with Gasteiger partial charge in [-0.3, -0.25) is 14.4 Å². The lowest BCUT2D eigenvalue weighted by Gasteiger charge is -2.32. The molecular weight excluding hydrogens is 351 g/mol. The molecule has 0 bridgehead atoms. The molecule has 2 rings (SSSR count). The summed E-state index contributed by atoms with van der Waals surface area (Å²) < 4.78 is 13.7. The molecule has 1 N–H and O–H groups in total. The number of benzene rings is 1. The number of aryl methyl sites for hydroxylation is 1. The minimum atomic E-state index is -0.821. The summed E-state index contributed by atoms with van der Waals surface area (Å²) in [4.78, 5) is 38.9. The maximum atomic E-state index is 13.7. The van der Waals surface area contributed by atoms with Crippen LogP contribution < -0.4 is 0 Å². The number of carboxylic acid groups (broad SMARTS) is 1. The van der Waals surface area contributed by atoms with Crippen molar-refractivity contribution in [1.82, 2.24) is 9.80 Å². The lowest BCUT2D eigenvalue weighted by atomic mass is 9.97. The van der Waals surface area contributed by atoms with Gasteiger partial charge in [0, 0.05) is 26.1 Å². The summed E-state index contributed by atoms with van der Waals surface area (Å²) in [6.07, 6.45) is 1.85. The van der Waals surface area contributed by atoms with Crippen LogP contribution in [-0.2, 0) is 20.8 Å². The Morgan fingerprint density at radius 1 is 1.26 bits per heavy atom. The van der Waals surface area contributed by atoms with Crippen molar-refractivity contribution in [2.24, 2.45) is 11.8 Å². The molecule has 1 fully saturated rings. The maximum Gasteiger partial charge on any atom is 0.306 e. The van der Waals surface area contributed by atoms with Crippen LogP contribution >= 0.6 is 0 Å². The highest BCUT2D eigenvalue weighted by Gasteiger charge is 2.28. The van der Waals surface area contributed by atoms with Gasteiger partial charge in [0.25, 0.3) is 0 Å². The summed E-state index contributed by atoms with van der Waals surface area (Å²) in [6, 6.07) is 6.51. The van der Waals surface area contributed by atoms with Crippen molar-refractivity contribution >= 4 is 17.8 Å². The Morgan fingerprint density at radius 2 is 1.89 bits per heavy atom. The van der Waals surface area contributed by atoms with Crippen LogP contribution in [0, 0.1) is 17.7 Å². The van der Waals surface area contributed by atoms with E-state index in [1.54, 1.807) is 37.1 Å². The van der Waals surface area contributed by atoms with Crippen LogP contribution in [0.2, 0.25) is 0 Å². The SMILES string of the molecule is CC(CCc1ccccc1F)C(=O)N(C)CC(=O)N1CCC(C(=O)O)CC1. The third kappa shape index (κ3) is 5.77. The largest absolute Gasteiger partial charge is 0.481 e. The molecule has 27 heavy (non-hydrogen) atoms. The van der Waals surface area contributed by atoms with E-state index in [2.05, 4.69) is 0 Å². The minimum absolute atomic E-state index is 0.0272. The predicted octanol–water partition coefficient (Wildman–Crippen LogP) is 2.18. The molecule has 0 aromatic heterocycles. The molecule has 1 aromatic rings. The number of nitrogens with zero attached hydrogens (tertiary/aromatic N) is 2. The molecule has 2 amide bonds. The average Bonchev–Trinajstić information content (AvgIpc) is 2.66. The molecule has 0 aliphatic carbocycles. The second-order valence-electron chi connectivity index (χ2n) is 7.22. The fraction of sp³-hybridized carbons (Fsp3) is 0.550. The van der Waals surface area contributed by atoms with Gasteiger partial charge >= 0.3 is 5.97 Å². The van der Waals surface area contributed by atoms with Gasteiger partial charge in [-0.2, -0.15) is 0 Å². The number of carbonyl (C=O) groups excluding carboxylic acids is 2. The van der Waals surface area contributed by atoms with Crippen LogP contribution in [0.25, 0.3) is 0 Å². The van der Waals surface area contributed by atoms with Crippen molar-refractivity contribution in [3.63, 3.8) is 0 Å². The molecule has 1 aliphatic heterocycles. The van der Waals surface area contributed by atoms with E-state index in [9.17, 15) is 18.8 Å². The van der Waals surface area contributed by atoms with Gasteiger partial charge in [0.2, 0.25) is 11.8 Å². The monoisotopic (exact) mass is 378 g/mol. The number of piperidine rings is 1. The summed E-state index contributed by atoms with van der Waals surface area (Å²) in [6.45, 7) is 2.56. The number of halogens is 1. The molecule has 0 saturated carbocycles. The molecule has 6 nitrogen and oxygen atoms in total. The van der Waals surface area contributed by atoms with E-state index in [-0.39, 0.29) is 30.1 Å². The van der Waals surface area contributed by atoms with E-state index < -0.39 is 11.9 Å². The van der Waals surface area contributed by atoms with Crippen LogP contribution in [0.15, 0.2) is 24.3 Å². The molecule has 7 heteroatoms. The van der Waals surface area contributed by atoms with Gasteiger partial charge in [-0.15, -0.1) is 0 Å². The highest BCUT2D eigenvalue weighted by molar-refractivity contribution is 5.85. The van der Waals surface area contributed by atoms with E-state index >= 15 is 0 Å². The van der Waals surface area contributed by atoms with Crippen LogP contribution in [0.5, 0.6) is 0 Å². The Bertz CT molecular complexity index is 686. The molecule has 1 heterocycles. The number of amides is 2. The Hall–Kier alpha value is -2.44. The molecule has 1 aromatic carbocycles. The van der Waals surface area contributed by atoms with E-state index in [1.165, 1.54) is 11.0 Å². The first-order valence-electron chi connectivity index (χ1n) is 9.28. The third-order valence-electron chi connectivity index (χ3n) is 5.17. The van der Waals surface area contributed by atoms with Gasteiger partial charge in [-0.25, -0.2) is 4.39 Å². The quantitative estimate of drug-likeness (QED) is 0.789. The average molecular weight is 378 g/mol. The summed E-state index contributed by atoms with van der Waals surface area (Å²) in [5, 5.41) is 9.01. The van der Waals surface area contributed by atoms with Gasteiger partial charge in [0.1, 0.15) is 5.82 Å². The summed E-state index contributed by atoms with van der Waals surface area (Å²) in [7, 11) is 1.59. The van der Waals surface area contributed by atoms with Gasteiger partial charge in [0.15, 0.2) is 0 Å². The highest BCUT2D eigenvalue weighted by Crippen LogP contribution is 2.18. The van der Waals surface area contributed by atoms with Crippen LogP contribution in [0.4, 0.5) is 4.39 Å². The van der Waals surface area contributed by atoms with E-state index in [0.717, 1.165) is 0 Å². The van der Waals surface area contributed by atoms with E-state index in [0.29, 0.717) is 44.3 Å². The number of rotatable bonds is 7. The highest BCUT2D eigenvalue weighted by atomic mass is 19.1. The third-order valence-corrected chi connectivity index (χ3v) is 5.17. The number of likely N-dealkylation sites (tertiary alicyclic amines) is 1. The zero-order valence-corrected chi connectivity index (χ0v) is 15.9. The van der Waals surface area contributed by atoms with Crippen molar-refractivity contribution in [2.45, 2.75) is 32.6 Å². The fourth-order valence-electron chi connectivity index (χ4n) is 3.33. The van der Waals surface area contributed by atoms with Crippen LogP contribution in [0.1, 0.15) is 31.7 Å². The minimum Gasteiger partial charge on any atom is -0.481 e. The molecule has 0 spiro atoms. The first kappa shape index (κ1) is 20.9. The predicted molar refractivity (Wildman–Crippen MR) is 98.5 cm³/mol. The van der Waals surface area contributed by atoms with Gasteiger partial charge in [-0.1, -0.05) is 25.1 Å². The first-order valence-corrected chi connectivity index (χ1v) is 9.28. The lowest BCUT2D eigenvalue weighted by Crippen LogP contribution is -2.46. The smallest absolute Gasteiger partial charge is 0.306 e. The standard InChI is InChI=1S/C20H27FN2O4/c1-14(7-8-15-5-3-4-6-17(15)21)19(25)22(2)13-18(24)23-11-9-16(10-12-23)20(26)27/h3-6,14,16H,7-13H2,1-2H3,(H,26,27). The normalized spacial score (nSPS) is 16.0. The number of aliphatic carboxylic acids is 1. The van der Waals surface area contributed by atoms with Gasteiger partial charge < -0.3 is 14.9 Å². The summed E-state index contributed by atoms with van der Waals surface area (Å²) in [5.74, 6) is -2.13. The van der Waals surface area contributed by atoms with Crippen LogP contribution in [-0.4, -0.2) is 59.4 Å². The Morgan fingerprint density at radius 3 is 2.48 bits per heavy atom. The fourth-order valence-corrected chi connectivity index (χ4v) is 3.33. The Balaban J connectivity index is 1.79. The molecule has 1 saturated heterocycles. The zero-order valence-electron chi connectivity index (χ0n) is 15.9. The lowest BCUT2D eigenvalue weighted by molar-refractivity contribution is -0.146. The zero-order chi connectivity index (χ0) is 20.0. The molecule has 1 aliphatic rings. The maximum absolute atomic E-state index is 13.7. The first-order chi connectivity index (χ1) is 12.8. The van der Waals surface area contributed by atoms with Crippen molar-refractivity contribution in [3.05, 3.63) is 35.6 Å². The number of hydrogen-bond acceptors (Lipinski definition) is 3. The number of hydrogen-bond donors (Lipinski definition) is 1. The molecule has 1 unspecified atom stereocenters. The van der Waals surface area contributed by atoms with E-state index in [1.807, 2.05) is 0 Å². The van der Waals surface area contributed by atoms with Gasteiger partial charge in [-0.05, 0) is 37.3 Å². The number of carboxylic acids is 1. The van der Waals surface area contributed by atoms with Crippen molar-refractivity contribution in [3.8, 4) is 0 Å². The number of likely N-dealkylation sites (N-methyl/N-ethyl adjacent to an activating group) is 1. The van der Waals surface area contributed by atoms with Gasteiger partial charge in [0.05, 0.1) is 12.5 Å². The summed E-state index contributed by atoms with van der Waals surface area (Å²) >= 11 is 0. The van der Waals surface area contributed by atoms with Crippen molar-refractivity contribution in [2.75, 3.05) is 26.7 Å². The molecular formula is C20H27FN2O4. The van der Waals surface area contributed by atoms with Crippen molar-refractivity contribution < 1.29 is 23.9 Å². The Kier molecular flexibility index (Phi) is 7.33. The molecule has 1 atom stereocenters. The summed E-state index contributed by atoms with van der Waals surface area (Å²) in [5.41, 5.74) is 0.581. The van der Waals surface area contributed by atoms with Crippen LogP contribution in [0.3, 0.4) is 0 Å².